The first-order chi connectivity index (χ1) is 13.2. The summed E-state index contributed by atoms with van der Waals surface area (Å²) in [7, 11) is 0. The van der Waals surface area contributed by atoms with Gasteiger partial charge in [0, 0.05) is 64.8 Å². The summed E-state index contributed by atoms with van der Waals surface area (Å²) in [5.74, 6) is 1.14. The third kappa shape index (κ3) is 8.82. The molecule has 2 fully saturated rings. The molecule has 2 saturated heterocycles. The summed E-state index contributed by atoms with van der Waals surface area (Å²) < 4.78 is 0. The largest absolute Gasteiger partial charge is 0.357 e. The number of guanidine groups is 1. The number of piperazine rings is 1. The van der Waals surface area contributed by atoms with E-state index in [1.165, 1.54) is 45.7 Å². The van der Waals surface area contributed by atoms with Gasteiger partial charge in [-0.2, -0.15) is 0 Å². The lowest BCUT2D eigenvalue weighted by atomic mass is 10.2. The van der Waals surface area contributed by atoms with Crippen LogP contribution in [-0.4, -0.2) is 98.1 Å². The summed E-state index contributed by atoms with van der Waals surface area (Å²) in [5.41, 5.74) is 0. The highest BCUT2D eigenvalue weighted by atomic mass is 127. The van der Waals surface area contributed by atoms with Gasteiger partial charge < -0.3 is 25.3 Å². The molecule has 164 valence electrons. The predicted molar refractivity (Wildman–Crippen MR) is 128 cm³/mol. The van der Waals surface area contributed by atoms with Gasteiger partial charge in [-0.15, -0.1) is 24.0 Å². The van der Waals surface area contributed by atoms with E-state index in [0.29, 0.717) is 12.5 Å². The summed E-state index contributed by atoms with van der Waals surface area (Å²) in [4.78, 5) is 23.6. The van der Waals surface area contributed by atoms with Crippen LogP contribution in [0.25, 0.3) is 0 Å². The van der Waals surface area contributed by atoms with E-state index < -0.39 is 0 Å². The Kier molecular flexibility index (Phi) is 13.1. The quantitative estimate of drug-likeness (QED) is 0.215. The molecule has 0 spiro atoms. The zero-order chi connectivity index (χ0) is 19.5. The van der Waals surface area contributed by atoms with Crippen LogP contribution in [0.3, 0.4) is 0 Å². The minimum Gasteiger partial charge on any atom is -0.357 e. The van der Waals surface area contributed by atoms with E-state index in [1.54, 1.807) is 0 Å². The minimum absolute atomic E-state index is 0. The van der Waals surface area contributed by atoms with Crippen molar-refractivity contribution in [2.75, 3.05) is 65.4 Å². The Hall–Kier alpha value is -0.610. The van der Waals surface area contributed by atoms with Crippen molar-refractivity contribution in [1.82, 2.24) is 25.3 Å². The fourth-order valence-electron chi connectivity index (χ4n) is 3.81. The molecule has 0 bridgehead atoms. The van der Waals surface area contributed by atoms with Crippen molar-refractivity contribution >= 4 is 35.8 Å². The number of carbonyl (C=O) groups excluding carboxylic acids is 1. The van der Waals surface area contributed by atoms with E-state index >= 15 is 0 Å². The Labute approximate surface area is 188 Å². The standard InChI is InChI=1S/C20H40N6O.HI/c1-4-19(27)26-12-9-18(17-26)23-20(21-5-2)22-10-7-8-11-25-15-13-24(6-3)14-16-25;/h18H,4-17H2,1-3H3,(H2,21,22,23);1H. The topological polar surface area (TPSA) is 63.2 Å². The smallest absolute Gasteiger partial charge is 0.222 e. The van der Waals surface area contributed by atoms with Crippen LogP contribution < -0.4 is 10.6 Å². The molecule has 2 aliphatic heterocycles. The van der Waals surface area contributed by atoms with Crippen LogP contribution in [0.15, 0.2) is 4.99 Å². The number of hydrogen-bond donors (Lipinski definition) is 2. The highest BCUT2D eigenvalue weighted by Crippen LogP contribution is 2.10. The molecule has 1 atom stereocenters. The SMILES string of the molecule is CCNC(=NCCCCN1CCN(CC)CC1)NC1CCN(C(=O)CC)C1.I. The number of amides is 1. The maximum atomic E-state index is 11.8. The van der Waals surface area contributed by atoms with Gasteiger partial charge in [-0.1, -0.05) is 13.8 Å². The van der Waals surface area contributed by atoms with E-state index in [-0.39, 0.29) is 29.9 Å². The van der Waals surface area contributed by atoms with Gasteiger partial charge in [0.1, 0.15) is 0 Å². The monoisotopic (exact) mass is 508 g/mol. The van der Waals surface area contributed by atoms with E-state index in [2.05, 4.69) is 34.3 Å². The van der Waals surface area contributed by atoms with Gasteiger partial charge in [-0.3, -0.25) is 9.79 Å². The molecule has 1 amide bonds. The molecular formula is C20H41IN6O. The average Bonchev–Trinajstić information content (AvgIpc) is 3.16. The Balaban J connectivity index is 0.00000392. The number of carbonyl (C=O) groups is 1. The maximum absolute atomic E-state index is 11.8. The molecule has 1 unspecified atom stereocenters. The van der Waals surface area contributed by atoms with Gasteiger partial charge in [-0.05, 0) is 39.3 Å². The van der Waals surface area contributed by atoms with Crippen LogP contribution in [0.2, 0.25) is 0 Å². The second-order valence-corrected chi connectivity index (χ2v) is 7.57. The number of likely N-dealkylation sites (N-methyl/N-ethyl adjacent to an activating group) is 1. The fourth-order valence-corrected chi connectivity index (χ4v) is 3.81. The summed E-state index contributed by atoms with van der Waals surface area (Å²) >= 11 is 0. The number of nitrogens with zero attached hydrogens (tertiary/aromatic N) is 4. The molecule has 2 N–H and O–H groups in total. The van der Waals surface area contributed by atoms with Crippen LogP contribution in [0, 0.1) is 0 Å². The van der Waals surface area contributed by atoms with E-state index in [9.17, 15) is 4.79 Å². The molecule has 0 radical (unpaired) electrons. The summed E-state index contributed by atoms with van der Waals surface area (Å²) in [6.07, 6.45) is 3.92. The van der Waals surface area contributed by atoms with Crippen LogP contribution in [-0.2, 0) is 4.79 Å². The summed E-state index contributed by atoms with van der Waals surface area (Å²) in [6.45, 7) is 16.8. The lowest BCUT2D eigenvalue weighted by Gasteiger charge is -2.33. The Bertz CT molecular complexity index is 468. The van der Waals surface area contributed by atoms with Crippen molar-refractivity contribution in [3.8, 4) is 0 Å². The number of hydrogen-bond acceptors (Lipinski definition) is 4. The van der Waals surface area contributed by atoms with Gasteiger partial charge in [0.2, 0.25) is 5.91 Å². The molecule has 0 aliphatic carbocycles. The maximum Gasteiger partial charge on any atom is 0.222 e. The first kappa shape index (κ1) is 25.4. The molecule has 2 heterocycles. The number of likely N-dealkylation sites (tertiary alicyclic amines) is 1. The molecule has 0 aromatic heterocycles. The van der Waals surface area contributed by atoms with Crippen molar-refractivity contribution in [3.05, 3.63) is 0 Å². The zero-order valence-corrected chi connectivity index (χ0v) is 20.4. The van der Waals surface area contributed by atoms with Crippen LogP contribution in [0.5, 0.6) is 0 Å². The van der Waals surface area contributed by atoms with Crippen LogP contribution >= 0.6 is 24.0 Å². The van der Waals surface area contributed by atoms with E-state index in [4.69, 9.17) is 4.99 Å². The van der Waals surface area contributed by atoms with E-state index in [0.717, 1.165) is 45.0 Å². The average molecular weight is 508 g/mol. The van der Waals surface area contributed by atoms with Gasteiger partial charge >= 0.3 is 0 Å². The molecule has 7 nitrogen and oxygen atoms in total. The molecule has 8 heteroatoms. The first-order valence-electron chi connectivity index (χ1n) is 10.9. The third-order valence-electron chi connectivity index (χ3n) is 5.59. The number of aliphatic imine (C=N–C) groups is 1. The number of nitrogens with one attached hydrogen (secondary N) is 2. The second-order valence-electron chi connectivity index (χ2n) is 7.57. The zero-order valence-electron chi connectivity index (χ0n) is 18.1. The highest BCUT2D eigenvalue weighted by Gasteiger charge is 2.25. The molecule has 2 aliphatic rings. The Morgan fingerprint density at radius 3 is 2.39 bits per heavy atom. The number of rotatable bonds is 9. The minimum atomic E-state index is 0. The van der Waals surface area contributed by atoms with Crippen molar-refractivity contribution in [3.63, 3.8) is 0 Å². The van der Waals surface area contributed by atoms with Gasteiger partial charge in [0.15, 0.2) is 5.96 Å². The summed E-state index contributed by atoms with van der Waals surface area (Å²) in [5, 5.41) is 6.85. The number of unbranched alkanes of at least 4 members (excludes halogenated alkanes) is 1. The van der Waals surface area contributed by atoms with Crippen molar-refractivity contribution in [2.45, 2.75) is 52.5 Å². The Morgan fingerprint density at radius 2 is 1.75 bits per heavy atom. The van der Waals surface area contributed by atoms with Crippen LogP contribution in [0.1, 0.15) is 46.5 Å². The molecule has 0 saturated carbocycles. The van der Waals surface area contributed by atoms with Crippen molar-refractivity contribution < 1.29 is 4.79 Å². The summed E-state index contributed by atoms with van der Waals surface area (Å²) in [6, 6.07) is 0.313. The van der Waals surface area contributed by atoms with Gasteiger partial charge in [-0.25, -0.2) is 0 Å². The van der Waals surface area contributed by atoms with Gasteiger partial charge in [0.25, 0.3) is 0 Å². The molecular weight excluding hydrogens is 467 g/mol. The van der Waals surface area contributed by atoms with Crippen molar-refractivity contribution in [2.24, 2.45) is 4.99 Å². The normalized spacial score (nSPS) is 21.5. The highest BCUT2D eigenvalue weighted by molar-refractivity contribution is 14.0. The fraction of sp³-hybridized carbons (Fsp3) is 0.900. The number of halogens is 1. The lowest BCUT2D eigenvalue weighted by Crippen LogP contribution is -2.46. The molecule has 0 aromatic rings. The Morgan fingerprint density at radius 1 is 1.04 bits per heavy atom. The lowest BCUT2D eigenvalue weighted by molar-refractivity contribution is -0.129. The van der Waals surface area contributed by atoms with Gasteiger partial charge in [0.05, 0.1) is 0 Å². The predicted octanol–water partition coefficient (Wildman–Crippen LogP) is 1.59. The van der Waals surface area contributed by atoms with E-state index in [1.807, 2.05) is 11.8 Å². The first-order valence-corrected chi connectivity index (χ1v) is 10.9. The van der Waals surface area contributed by atoms with Crippen LogP contribution in [0.4, 0.5) is 0 Å². The second kappa shape index (κ2) is 14.4. The molecule has 2 rings (SSSR count). The third-order valence-corrected chi connectivity index (χ3v) is 5.59. The molecule has 28 heavy (non-hydrogen) atoms. The van der Waals surface area contributed by atoms with Crippen molar-refractivity contribution in [1.29, 1.82) is 0 Å². The molecule has 0 aromatic carbocycles.